The van der Waals surface area contributed by atoms with Crippen molar-refractivity contribution in [2.75, 3.05) is 13.1 Å². The Morgan fingerprint density at radius 2 is 1.94 bits per heavy atom. The lowest BCUT2D eigenvalue weighted by Gasteiger charge is -2.29. The number of rotatable bonds is 6. The molecule has 0 aromatic carbocycles. The van der Waals surface area contributed by atoms with E-state index in [-0.39, 0.29) is 0 Å². The van der Waals surface area contributed by atoms with Gasteiger partial charge in [0.25, 0.3) is 0 Å². The van der Waals surface area contributed by atoms with Gasteiger partial charge in [-0.05, 0) is 17.3 Å². The highest BCUT2D eigenvalue weighted by Crippen LogP contribution is 2.31. The number of hydrogen-bond acceptors (Lipinski definition) is 3. The maximum absolute atomic E-state index is 4.66. The molecule has 0 saturated carbocycles. The second kappa shape index (κ2) is 6.83. The Hall–Kier alpha value is -0.180. The highest BCUT2D eigenvalue weighted by Gasteiger charge is 2.28. The smallest absolute Gasteiger partial charge is 0.156 e. The van der Waals surface area contributed by atoms with Crippen molar-refractivity contribution in [3.63, 3.8) is 0 Å². The number of nitrogens with one attached hydrogen (secondary N) is 1. The zero-order valence-corrected chi connectivity index (χ0v) is 13.7. The molecule has 0 amide bonds. The van der Waals surface area contributed by atoms with E-state index in [1.807, 2.05) is 11.8 Å². The van der Waals surface area contributed by atoms with Gasteiger partial charge in [-0.25, -0.2) is 0 Å². The zero-order chi connectivity index (χ0) is 13.8. The molecule has 0 spiro atoms. The summed E-state index contributed by atoms with van der Waals surface area (Å²) >= 11 is 1.96. The molecule has 0 bridgehead atoms. The molecule has 3 heteroatoms. The van der Waals surface area contributed by atoms with Gasteiger partial charge in [-0.3, -0.25) is 4.99 Å². The Kier molecular flexibility index (Phi) is 6.03. The Balaban J connectivity index is 2.39. The summed E-state index contributed by atoms with van der Waals surface area (Å²) in [6, 6.07) is 0. The van der Waals surface area contributed by atoms with E-state index in [9.17, 15) is 0 Å². The van der Waals surface area contributed by atoms with Gasteiger partial charge in [-0.2, -0.15) is 0 Å². The number of thioether (sulfide) groups is 1. The molecule has 18 heavy (non-hydrogen) atoms. The molecule has 106 valence electrons. The monoisotopic (exact) mass is 270 g/mol. The van der Waals surface area contributed by atoms with Gasteiger partial charge >= 0.3 is 0 Å². The minimum Gasteiger partial charge on any atom is -0.364 e. The number of amidine groups is 1. The Morgan fingerprint density at radius 1 is 1.33 bits per heavy atom. The molecule has 1 rings (SSSR count). The first-order valence-corrected chi connectivity index (χ1v) is 8.23. The van der Waals surface area contributed by atoms with E-state index in [2.05, 4.69) is 51.9 Å². The van der Waals surface area contributed by atoms with E-state index < -0.39 is 0 Å². The SMILES string of the molecule is CCC(CC)C1CN=C(NCC(C)(C)C(C)C)S1. The second-order valence-electron chi connectivity index (χ2n) is 6.38. The first-order chi connectivity index (χ1) is 8.40. The van der Waals surface area contributed by atoms with Gasteiger partial charge in [0.15, 0.2) is 5.17 Å². The first kappa shape index (κ1) is 15.9. The Bertz CT molecular complexity index is 280. The molecule has 1 atom stereocenters. The van der Waals surface area contributed by atoms with E-state index in [0.29, 0.717) is 16.6 Å². The van der Waals surface area contributed by atoms with Crippen LogP contribution in [0.2, 0.25) is 0 Å². The lowest BCUT2D eigenvalue weighted by molar-refractivity contribution is 0.251. The molecule has 0 fully saturated rings. The van der Waals surface area contributed by atoms with Crippen LogP contribution in [-0.2, 0) is 0 Å². The molecular formula is C15H30N2S. The van der Waals surface area contributed by atoms with Crippen molar-refractivity contribution < 1.29 is 0 Å². The molecule has 0 aromatic rings. The summed E-state index contributed by atoms with van der Waals surface area (Å²) in [5.41, 5.74) is 0.329. The summed E-state index contributed by atoms with van der Waals surface area (Å²) in [5.74, 6) is 1.50. The van der Waals surface area contributed by atoms with Gasteiger partial charge < -0.3 is 5.32 Å². The van der Waals surface area contributed by atoms with Crippen molar-refractivity contribution in [2.24, 2.45) is 22.2 Å². The van der Waals surface area contributed by atoms with Gasteiger partial charge in [0.05, 0.1) is 6.54 Å². The molecule has 1 N–H and O–H groups in total. The fraction of sp³-hybridized carbons (Fsp3) is 0.933. The Morgan fingerprint density at radius 3 is 2.44 bits per heavy atom. The summed E-state index contributed by atoms with van der Waals surface area (Å²) in [5, 5.41) is 5.42. The quantitative estimate of drug-likeness (QED) is 0.783. The van der Waals surface area contributed by atoms with Gasteiger partial charge in [0.1, 0.15) is 0 Å². The molecule has 1 heterocycles. The Labute approximate surface area is 117 Å². The first-order valence-electron chi connectivity index (χ1n) is 7.35. The van der Waals surface area contributed by atoms with E-state index >= 15 is 0 Å². The van der Waals surface area contributed by atoms with E-state index in [0.717, 1.165) is 19.0 Å². The van der Waals surface area contributed by atoms with Crippen molar-refractivity contribution in [3.8, 4) is 0 Å². The molecule has 0 aromatic heterocycles. The van der Waals surface area contributed by atoms with Crippen LogP contribution in [0.15, 0.2) is 4.99 Å². The minimum atomic E-state index is 0.329. The van der Waals surface area contributed by atoms with Crippen molar-refractivity contribution >= 4 is 16.9 Å². The van der Waals surface area contributed by atoms with Gasteiger partial charge in [0, 0.05) is 11.8 Å². The molecule has 2 nitrogen and oxygen atoms in total. The van der Waals surface area contributed by atoms with Crippen LogP contribution >= 0.6 is 11.8 Å². The fourth-order valence-corrected chi connectivity index (χ4v) is 3.37. The molecular weight excluding hydrogens is 240 g/mol. The number of nitrogens with zero attached hydrogens (tertiary/aromatic N) is 1. The normalized spacial score (nSPS) is 20.7. The number of aliphatic imine (C=N–C) groups is 1. The molecule has 0 saturated heterocycles. The van der Waals surface area contributed by atoms with Crippen molar-refractivity contribution in [1.82, 2.24) is 5.32 Å². The maximum atomic E-state index is 4.66. The highest BCUT2D eigenvalue weighted by atomic mass is 32.2. The molecule has 0 radical (unpaired) electrons. The largest absolute Gasteiger partial charge is 0.364 e. The average Bonchev–Trinajstić information content (AvgIpc) is 2.77. The highest BCUT2D eigenvalue weighted by molar-refractivity contribution is 8.14. The minimum absolute atomic E-state index is 0.329. The van der Waals surface area contributed by atoms with Crippen molar-refractivity contribution in [1.29, 1.82) is 0 Å². The van der Waals surface area contributed by atoms with Gasteiger partial charge in [-0.1, -0.05) is 66.1 Å². The lowest BCUT2D eigenvalue weighted by atomic mass is 9.81. The molecule has 1 aliphatic heterocycles. The average molecular weight is 270 g/mol. The summed E-state index contributed by atoms with van der Waals surface area (Å²) in [6.45, 7) is 15.8. The van der Waals surface area contributed by atoms with Gasteiger partial charge in [0.2, 0.25) is 0 Å². The van der Waals surface area contributed by atoms with E-state index in [1.54, 1.807) is 0 Å². The second-order valence-corrected chi connectivity index (χ2v) is 7.60. The third-order valence-electron chi connectivity index (χ3n) is 4.51. The molecule has 1 aliphatic rings. The van der Waals surface area contributed by atoms with Crippen LogP contribution < -0.4 is 5.32 Å². The summed E-state index contributed by atoms with van der Waals surface area (Å²) in [7, 11) is 0. The molecule has 0 aliphatic carbocycles. The van der Waals surface area contributed by atoms with Crippen LogP contribution in [-0.4, -0.2) is 23.5 Å². The predicted octanol–water partition coefficient (Wildman–Crippen LogP) is 4.17. The van der Waals surface area contributed by atoms with Crippen LogP contribution in [0.5, 0.6) is 0 Å². The topological polar surface area (TPSA) is 24.4 Å². The summed E-state index contributed by atoms with van der Waals surface area (Å²) in [4.78, 5) is 4.66. The third-order valence-corrected chi connectivity index (χ3v) is 5.84. The van der Waals surface area contributed by atoms with E-state index in [4.69, 9.17) is 0 Å². The van der Waals surface area contributed by atoms with Crippen molar-refractivity contribution in [3.05, 3.63) is 0 Å². The van der Waals surface area contributed by atoms with Crippen LogP contribution in [0, 0.1) is 17.3 Å². The zero-order valence-electron chi connectivity index (χ0n) is 12.9. The lowest BCUT2D eigenvalue weighted by Crippen LogP contribution is -2.35. The summed E-state index contributed by atoms with van der Waals surface area (Å²) < 4.78 is 0. The third kappa shape index (κ3) is 4.18. The van der Waals surface area contributed by atoms with Crippen LogP contribution in [0.25, 0.3) is 0 Å². The van der Waals surface area contributed by atoms with E-state index in [1.165, 1.54) is 18.0 Å². The standard InChI is InChI=1S/C15H30N2S/c1-7-12(8-2)13-9-16-14(18-13)17-10-15(5,6)11(3)4/h11-13H,7-10H2,1-6H3,(H,16,17). The van der Waals surface area contributed by atoms with Gasteiger partial charge in [-0.15, -0.1) is 0 Å². The number of hydrogen-bond donors (Lipinski definition) is 1. The van der Waals surface area contributed by atoms with Crippen molar-refractivity contribution in [2.45, 2.75) is 59.6 Å². The maximum Gasteiger partial charge on any atom is 0.156 e. The molecule has 1 unspecified atom stereocenters. The summed E-state index contributed by atoms with van der Waals surface area (Å²) in [6.07, 6.45) is 2.54. The van der Waals surface area contributed by atoms with Crippen LogP contribution in [0.1, 0.15) is 54.4 Å². The van der Waals surface area contributed by atoms with Crippen LogP contribution in [0.4, 0.5) is 0 Å². The predicted molar refractivity (Wildman–Crippen MR) is 84.4 cm³/mol. The fourth-order valence-electron chi connectivity index (χ4n) is 2.06. The van der Waals surface area contributed by atoms with Crippen LogP contribution in [0.3, 0.4) is 0 Å².